The first-order valence-electron chi connectivity index (χ1n) is 6.70. The molecule has 0 spiro atoms. The maximum atomic E-state index is 9.04. The lowest BCUT2D eigenvalue weighted by atomic mass is 9.71. The molecule has 1 nitrogen and oxygen atoms in total. The van der Waals surface area contributed by atoms with E-state index in [1.165, 1.54) is 5.57 Å². The zero-order chi connectivity index (χ0) is 13.3. The fourth-order valence-electron chi connectivity index (χ4n) is 2.18. The van der Waals surface area contributed by atoms with Crippen LogP contribution in [-0.4, -0.2) is 11.7 Å². The van der Waals surface area contributed by atoms with Crippen molar-refractivity contribution in [2.75, 3.05) is 6.61 Å². The van der Waals surface area contributed by atoms with Crippen LogP contribution in [0.3, 0.4) is 0 Å². The van der Waals surface area contributed by atoms with Crippen molar-refractivity contribution in [1.29, 1.82) is 0 Å². The SMILES string of the molecule is [2H]C([2H])(/C=C(\C)CO)C1=C(C)CCCC1(C)C. The van der Waals surface area contributed by atoms with Gasteiger partial charge in [-0.05, 0) is 44.9 Å². The largest absolute Gasteiger partial charge is 0.392 e. The van der Waals surface area contributed by atoms with Crippen molar-refractivity contribution in [2.24, 2.45) is 5.41 Å². The standard InChI is InChI=1S/C14H24O/c1-11(10-15)7-8-13-12(2)6-5-9-14(13,3)4/h7,15H,5-6,8-10H2,1-4H3/b11-7+/i8D2. The lowest BCUT2D eigenvalue weighted by Crippen LogP contribution is -2.20. The minimum Gasteiger partial charge on any atom is -0.392 e. The molecule has 0 radical (unpaired) electrons. The number of hydrogen-bond acceptors (Lipinski definition) is 1. The van der Waals surface area contributed by atoms with Crippen molar-refractivity contribution in [3.05, 3.63) is 22.8 Å². The number of aliphatic hydroxyl groups is 1. The summed E-state index contributed by atoms with van der Waals surface area (Å²) >= 11 is 0. The van der Waals surface area contributed by atoms with E-state index < -0.39 is 6.37 Å². The Hall–Kier alpha value is -0.560. The van der Waals surface area contributed by atoms with Gasteiger partial charge in [0, 0.05) is 2.74 Å². The highest BCUT2D eigenvalue weighted by atomic mass is 16.3. The third-order valence-corrected chi connectivity index (χ3v) is 3.17. The van der Waals surface area contributed by atoms with E-state index in [-0.39, 0.29) is 12.0 Å². The molecule has 1 heteroatoms. The van der Waals surface area contributed by atoms with E-state index in [9.17, 15) is 0 Å². The summed E-state index contributed by atoms with van der Waals surface area (Å²) < 4.78 is 16.5. The first-order chi connectivity index (χ1) is 7.70. The highest BCUT2D eigenvalue weighted by Gasteiger charge is 2.27. The molecule has 0 aliphatic heterocycles. The second kappa shape index (κ2) is 4.98. The van der Waals surface area contributed by atoms with Gasteiger partial charge in [0.25, 0.3) is 0 Å². The maximum Gasteiger partial charge on any atom is 0.0639 e. The minimum absolute atomic E-state index is 0.0771. The third-order valence-electron chi connectivity index (χ3n) is 3.17. The molecule has 0 aromatic rings. The first-order valence-corrected chi connectivity index (χ1v) is 5.70. The number of aliphatic hydroxyl groups excluding tert-OH is 1. The average molecular weight is 210 g/mol. The zero-order valence-corrected chi connectivity index (χ0v) is 10.4. The Morgan fingerprint density at radius 1 is 1.60 bits per heavy atom. The predicted molar refractivity (Wildman–Crippen MR) is 65.8 cm³/mol. The highest BCUT2D eigenvalue weighted by Crippen LogP contribution is 2.41. The number of rotatable bonds is 3. The van der Waals surface area contributed by atoms with Gasteiger partial charge in [0.05, 0.1) is 6.61 Å². The first kappa shape index (κ1) is 9.65. The Kier molecular flexibility index (Phi) is 3.20. The Bertz CT molecular complexity index is 351. The van der Waals surface area contributed by atoms with Gasteiger partial charge in [-0.25, -0.2) is 0 Å². The Morgan fingerprint density at radius 2 is 2.27 bits per heavy atom. The van der Waals surface area contributed by atoms with E-state index in [1.54, 1.807) is 13.0 Å². The van der Waals surface area contributed by atoms with Crippen LogP contribution in [0.4, 0.5) is 0 Å². The summed E-state index contributed by atoms with van der Waals surface area (Å²) in [7, 11) is 0. The van der Waals surface area contributed by atoms with Crippen LogP contribution in [0.2, 0.25) is 0 Å². The number of allylic oxidation sites excluding steroid dienone is 3. The van der Waals surface area contributed by atoms with Crippen LogP contribution in [0, 0.1) is 5.41 Å². The van der Waals surface area contributed by atoms with Crippen molar-refractivity contribution in [2.45, 2.75) is 53.3 Å². The molecule has 1 aliphatic carbocycles. The summed E-state index contributed by atoms with van der Waals surface area (Å²) in [5.41, 5.74) is 2.69. The van der Waals surface area contributed by atoms with Gasteiger partial charge in [-0.3, -0.25) is 0 Å². The van der Waals surface area contributed by atoms with Gasteiger partial charge >= 0.3 is 0 Å². The maximum absolute atomic E-state index is 9.04. The number of hydrogen-bond donors (Lipinski definition) is 1. The Labute approximate surface area is 96.7 Å². The Morgan fingerprint density at radius 3 is 2.80 bits per heavy atom. The quantitative estimate of drug-likeness (QED) is 0.702. The topological polar surface area (TPSA) is 20.2 Å². The van der Waals surface area contributed by atoms with Crippen LogP contribution >= 0.6 is 0 Å². The molecule has 0 bridgehead atoms. The average Bonchev–Trinajstić information content (AvgIpc) is 2.14. The van der Waals surface area contributed by atoms with Gasteiger partial charge in [0.15, 0.2) is 0 Å². The van der Waals surface area contributed by atoms with Gasteiger partial charge in [0.1, 0.15) is 0 Å². The minimum atomic E-state index is -1.44. The molecule has 0 amide bonds. The molecule has 0 heterocycles. The predicted octanol–water partition coefficient (Wildman–Crippen LogP) is 3.84. The summed E-state index contributed by atoms with van der Waals surface area (Å²) in [6.07, 6.45) is 3.29. The smallest absolute Gasteiger partial charge is 0.0639 e. The van der Waals surface area contributed by atoms with E-state index in [0.717, 1.165) is 24.8 Å². The highest BCUT2D eigenvalue weighted by molar-refractivity contribution is 5.25. The lowest BCUT2D eigenvalue weighted by Gasteiger charge is -2.34. The molecule has 1 N–H and O–H groups in total. The molecule has 0 fully saturated rings. The van der Waals surface area contributed by atoms with E-state index in [1.807, 2.05) is 6.92 Å². The van der Waals surface area contributed by atoms with E-state index >= 15 is 0 Å². The molecule has 0 saturated carbocycles. The Balaban J connectivity index is 3.20. The van der Waals surface area contributed by atoms with Crippen molar-refractivity contribution >= 4 is 0 Å². The second-order valence-corrected chi connectivity index (χ2v) is 5.19. The molecule has 0 unspecified atom stereocenters. The molecule has 1 aliphatic rings. The summed E-state index contributed by atoms with van der Waals surface area (Å²) in [6, 6.07) is 0. The van der Waals surface area contributed by atoms with Crippen LogP contribution in [0.5, 0.6) is 0 Å². The summed E-state index contributed by atoms with van der Waals surface area (Å²) in [5, 5.41) is 9.04. The lowest BCUT2D eigenvalue weighted by molar-refractivity contribution is 0.330. The van der Waals surface area contributed by atoms with Crippen LogP contribution < -0.4 is 0 Å². The fraction of sp³-hybridized carbons (Fsp3) is 0.714. The summed E-state index contributed by atoms with van der Waals surface area (Å²) in [4.78, 5) is 0. The van der Waals surface area contributed by atoms with E-state index in [4.69, 9.17) is 7.85 Å². The molecule has 0 atom stereocenters. The summed E-state index contributed by atoms with van der Waals surface area (Å²) in [6.45, 7) is 7.96. The van der Waals surface area contributed by atoms with Gasteiger partial charge < -0.3 is 5.11 Å². The molecular formula is C14H24O. The van der Waals surface area contributed by atoms with Crippen LogP contribution in [0.15, 0.2) is 22.8 Å². The zero-order valence-electron chi connectivity index (χ0n) is 12.4. The van der Waals surface area contributed by atoms with Crippen LogP contribution in [-0.2, 0) is 0 Å². The van der Waals surface area contributed by atoms with Crippen molar-refractivity contribution in [3.63, 3.8) is 0 Å². The molecule has 0 saturated heterocycles. The van der Waals surface area contributed by atoms with Crippen LogP contribution in [0.1, 0.15) is 56.1 Å². The van der Waals surface area contributed by atoms with Crippen molar-refractivity contribution < 1.29 is 7.85 Å². The normalized spacial score (nSPS) is 25.0. The second-order valence-electron chi connectivity index (χ2n) is 5.19. The van der Waals surface area contributed by atoms with Crippen molar-refractivity contribution in [3.8, 4) is 0 Å². The molecular weight excluding hydrogens is 184 g/mol. The molecule has 0 aromatic carbocycles. The molecule has 0 aromatic heterocycles. The van der Waals surface area contributed by atoms with Gasteiger partial charge in [-0.2, -0.15) is 0 Å². The fourth-order valence-corrected chi connectivity index (χ4v) is 2.18. The molecule has 86 valence electrons. The summed E-state index contributed by atoms with van der Waals surface area (Å²) in [5.74, 6) is 0. The van der Waals surface area contributed by atoms with Crippen LogP contribution in [0.25, 0.3) is 0 Å². The molecule has 15 heavy (non-hydrogen) atoms. The van der Waals surface area contributed by atoms with Gasteiger partial charge in [0.2, 0.25) is 0 Å². The van der Waals surface area contributed by atoms with Crippen molar-refractivity contribution in [1.82, 2.24) is 0 Å². The molecule has 1 rings (SSSR count). The van der Waals surface area contributed by atoms with Gasteiger partial charge in [-0.1, -0.05) is 36.6 Å². The van der Waals surface area contributed by atoms with E-state index in [0.29, 0.717) is 5.57 Å². The van der Waals surface area contributed by atoms with E-state index in [2.05, 4.69) is 13.8 Å². The van der Waals surface area contributed by atoms with Gasteiger partial charge in [-0.15, -0.1) is 0 Å². The monoisotopic (exact) mass is 210 g/mol. The third kappa shape index (κ3) is 3.20.